The molecule has 1 atom stereocenters. The van der Waals surface area contributed by atoms with Crippen molar-refractivity contribution < 1.29 is 4.79 Å². The average molecular weight is 346 g/mol. The van der Waals surface area contributed by atoms with Gasteiger partial charge >= 0.3 is 0 Å². The van der Waals surface area contributed by atoms with Crippen molar-refractivity contribution in [1.82, 2.24) is 9.97 Å². The van der Waals surface area contributed by atoms with Gasteiger partial charge in [-0.1, -0.05) is 45.9 Å². The molecule has 0 saturated carbocycles. The highest BCUT2D eigenvalue weighted by Crippen LogP contribution is 2.59. The maximum absolute atomic E-state index is 13.6. The van der Waals surface area contributed by atoms with Crippen molar-refractivity contribution in [2.24, 2.45) is 16.5 Å². The predicted molar refractivity (Wildman–Crippen MR) is 99.9 cm³/mol. The number of hydrogen-bond acceptors (Lipinski definition) is 4. The van der Waals surface area contributed by atoms with Crippen LogP contribution in [0.1, 0.15) is 39.0 Å². The maximum Gasteiger partial charge on any atom is 0.200 e. The van der Waals surface area contributed by atoms with Crippen LogP contribution >= 0.6 is 10.2 Å². The Bertz CT molecular complexity index is 744. The lowest BCUT2D eigenvalue weighted by Crippen LogP contribution is -2.38. The summed E-state index contributed by atoms with van der Waals surface area (Å²) >= 11 is 0. The number of aromatic nitrogens is 2. The molecule has 0 saturated heterocycles. The third-order valence-electron chi connectivity index (χ3n) is 4.87. The van der Waals surface area contributed by atoms with Crippen molar-refractivity contribution in [3.63, 3.8) is 0 Å². The van der Waals surface area contributed by atoms with Crippen LogP contribution in [0, 0.1) is 25.2 Å². The van der Waals surface area contributed by atoms with E-state index < -0.39 is 15.6 Å². The summed E-state index contributed by atoms with van der Waals surface area (Å²) in [7, 11) is -2.48. The van der Waals surface area contributed by atoms with Gasteiger partial charge in [0.05, 0.1) is 0 Å². The van der Waals surface area contributed by atoms with Crippen molar-refractivity contribution in [2.45, 2.75) is 51.6 Å². The molecule has 2 aromatic rings. The molecule has 2 rings (SSSR count). The number of nitrogens with two attached hydrogens (primary N) is 1. The largest absolute Gasteiger partial charge is 0.286 e. The van der Waals surface area contributed by atoms with Crippen LogP contribution in [0.4, 0.5) is 0 Å². The molecular formula is C19H27N3OS. The van der Waals surface area contributed by atoms with Gasteiger partial charge in [-0.05, 0) is 47.7 Å². The van der Waals surface area contributed by atoms with Crippen molar-refractivity contribution in [1.29, 1.82) is 0 Å². The molecule has 2 N–H and O–H groups in total. The van der Waals surface area contributed by atoms with Gasteiger partial charge in [-0.25, -0.2) is 9.97 Å². The van der Waals surface area contributed by atoms with Crippen LogP contribution in [0.3, 0.4) is 0 Å². The van der Waals surface area contributed by atoms with Gasteiger partial charge in [0.25, 0.3) is 0 Å². The van der Waals surface area contributed by atoms with E-state index in [1.807, 2.05) is 71.9 Å². The first-order valence-corrected chi connectivity index (χ1v) is 9.82. The molecule has 0 spiro atoms. The highest BCUT2D eigenvalue weighted by Gasteiger charge is 2.45. The highest BCUT2D eigenvalue weighted by atomic mass is 32.3. The van der Waals surface area contributed by atoms with Crippen LogP contribution < -0.4 is 5.14 Å². The number of carbonyl (C=O) groups is 1. The molecule has 0 aliphatic rings. The molecule has 0 aliphatic heterocycles. The van der Waals surface area contributed by atoms with Crippen molar-refractivity contribution >= 4 is 15.3 Å². The van der Waals surface area contributed by atoms with E-state index in [1.54, 1.807) is 6.20 Å². The van der Waals surface area contributed by atoms with Gasteiger partial charge in [0, 0.05) is 22.2 Å². The first-order valence-electron chi connectivity index (χ1n) is 8.12. The molecule has 1 aromatic heterocycles. The summed E-state index contributed by atoms with van der Waals surface area (Å²) < 4.78 is 0. The van der Waals surface area contributed by atoms with Gasteiger partial charge in [0.15, 0.2) is 5.16 Å². The molecule has 0 fully saturated rings. The Hall–Kier alpha value is -1.72. The number of nitrogens with zero attached hydrogens (tertiary/aromatic N) is 2. The summed E-state index contributed by atoms with van der Waals surface area (Å²) in [6.45, 7) is 11.9. The third-order valence-corrected chi connectivity index (χ3v) is 7.77. The first-order chi connectivity index (χ1) is 11.1. The minimum atomic E-state index is -2.48. The van der Waals surface area contributed by atoms with Crippen LogP contribution in [0.25, 0.3) is 0 Å². The minimum absolute atomic E-state index is 0.0134. The summed E-state index contributed by atoms with van der Waals surface area (Å²) in [4.78, 5) is 23.4. The smallest absolute Gasteiger partial charge is 0.200 e. The summed E-state index contributed by atoms with van der Waals surface area (Å²) in [5, 5.41) is 7.29. The third kappa shape index (κ3) is 3.10. The quantitative estimate of drug-likeness (QED) is 0.834. The molecule has 0 aliphatic carbocycles. The van der Waals surface area contributed by atoms with Crippen LogP contribution in [-0.2, 0) is 4.79 Å². The van der Waals surface area contributed by atoms with Gasteiger partial charge in [-0.3, -0.25) is 9.93 Å². The zero-order valence-electron chi connectivity index (χ0n) is 15.3. The van der Waals surface area contributed by atoms with E-state index in [1.165, 1.54) is 0 Å². The molecule has 24 heavy (non-hydrogen) atoms. The Balaban J connectivity index is 2.71. The molecule has 5 heteroatoms. The van der Waals surface area contributed by atoms with Gasteiger partial charge in [0.2, 0.25) is 5.12 Å². The Morgan fingerprint density at radius 1 is 1.17 bits per heavy atom. The van der Waals surface area contributed by atoms with E-state index in [2.05, 4.69) is 9.97 Å². The van der Waals surface area contributed by atoms with Crippen LogP contribution in [0.5, 0.6) is 0 Å². The zero-order valence-corrected chi connectivity index (χ0v) is 16.1. The van der Waals surface area contributed by atoms with Crippen molar-refractivity contribution in [2.75, 3.05) is 0 Å². The van der Waals surface area contributed by atoms with Gasteiger partial charge in [0.1, 0.15) is 0 Å². The highest BCUT2D eigenvalue weighted by molar-refractivity contribution is 8.43. The molecule has 1 aromatic carbocycles. The number of aryl methyl sites for hydroxylation is 2. The average Bonchev–Trinajstić information content (AvgIpc) is 2.56. The van der Waals surface area contributed by atoms with Crippen LogP contribution in [0.2, 0.25) is 0 Å². The summed E-state index contributed by atoms with van der Waals surface area (Å²) in [5.74, 6) is 0.163. The van der Waals surface area contributed by atoms with Gasteiger partial charge < -0.3 is 0 Å². The van der Waals surface area contributed by atoms with Crippen LogP contribution in [0.15, 0.2) is 46.6 Å². The van der Waals surface area contributed by atoms with Crippen molar-refractivity contribution in [3.8, 4) is 0 Å². The molecule has 1 heterocycles. The SMILES string of the molecule is Cc1cnc(S(N)(C(=O)C(C)(C)C(C)C)c2ccccc2)nc1C. The van der Waals surface area contributed by atoms with E-state index in [-0.39, 0.29) is 11.0 Å². The molecular weight excluding hydrogens is 318 g/mol. The summed E-state index contributed by atoms with van der Waals surface area (Å²) in [5.41, 5.74) is 1.28. The molecule has 130 valence electrons. The molecule has 0 radical (unpaired) electrons. The fourth-order valence-electron chi connectivity index (χ4n) is 2.24. The maximum atomic E-state index is 13.6. The lowest BCUT2D eigenvalue weighted by atomic mass is 9.83. The second-order valence-corrected chi connectivity index (χ2v) is 9.58. The lowest BCUT2D eigenvalue weighted by Gasteiger charge is -2.40. The predicted octanol–water partition coefficient (Wildman–Crippen LogP) is 4.40. The zero-order chi connectivity index (χ0) is 18.1. The topological polar surface area (TPSA) is 68.9 Å². The standard InChI is InChI=1S/C19H27N3OS/c1-13(2)19(5,6)17(23)24(20,16-10-8-7-9-11-16)18-21-12-14(3)15(4)22-18/h7-13H,20H2,1-6H3. The Labute approximate surface area is 146 Å². The molecule has 4 nitrogen and oxygen atoms in total. The number of rotatable bonds is 4. The van der Waals surface area contributed by atoms with E-state index in [0.29, 0.717) is 5.16 Å². The normalized spacial score (nSPS) is 15.8. The van der Waals surface area contributed by atoms with E-state index in [0.717, 1.165) is 16.2 Å². The molecule has 1 unspecified atom stereocenters. The monoisotopic (exact) mass is 345 g/mol. The fraction of sp³-hybridized carbons (Fsp3) is 0.421. The van der Waals surface area contributed by atoms with E-state index >= 15 is 0 Å². The fourth-order valence-corrected chi connectivity index (χ4v) is 4.98. The second-order valence-electron chi connectivity index (χ2n) is 7.06. The van der Waals surface area contributed by atoms with E-state index in [4.69, 9.17) is 5.14 Å². The first kappa shape index (κ1) is 18.6. The van der Waals surface area contributed by atoms with Crippen molar-refractivity contribution in [3.05, 3.63) is 47.8 Å². The molecule has 0 bridgehead atoms. The second kappa shape index (κ2) is 6.65. The Kier molecular flexibility index (Phi) is 5.16. The number of benzene rings is 1. The number of carbonyl (C=O) groups excluding carboxylic acids is 1. The summed E-state index contributed by atoms with van der Waals surface area (Å²) in [6, 6.07) is 9.54. The molecule has 0 amide bonds. The summed E-state index contributed by atoms with van der Waals surface area (Å²) in [6.07, 6.45) is 1.75. The Morgan fingerprint density at radius 3 is 2.25 bits per heavy atom. The van der Waals surface area contributed by atoms with Crippen LogP contribution in [-0.4, -0.2) is 15.1 Å². The van der Waals surface area contributed by atoms with E-state index in [9.17, 15) is 4.79 Å². The number of hydrogen-bond donors (Lipinski definition) is 1. The lowest BCUT2D eigenvalue weighted by molar-refractivity contribution is -0.120. The van der Waals surface area contributed by atoms with Gasteiger partial charge in [-0.2, -0.15) is 0 Å². The minimum Gasteiger partial charge on any atom is -0.286 e. The Morgan fingerprint density at radius 2 is 1.75 bits per heavy atom. The van der Waals surface area contributed by atoms with Gasteiger partial charge in [-0.15, -0.1) is 0 Å².